The van der Waals surface area contributed by atoms with Gasteiger partial charge in [-0.1, -0.05) is 18.9 Å². The molecular weight excluding hydrogens is 386 g/mol. The van der Waals surface area contributed by atoms with E-state index in [4.69, 9.17) is 0 Å². The Morgan fingerprint density at radius 2 is 1.97 bits per heavy atom. The lowest BCUT2D eigenvalue weighted by Crippen LogP contribution is -2.35. The van der Waals surface area contributed by atoms with Gasteiger partial charge in [0, 0.05) is 32.1 Å². The molecule has 8 heteroatoms. The largest absolute Gasteiger partial charge is 0.347 e. The van der Waals surface area contributed by atoms with Gasteiger partial charge in [0.1, 0.15) is 5.82 Å². The van der Waals surface area contributed by atoms with Crippen LogP contribution in [0, 0.1) is 5.41 Å². The van der Waals surface area contributed by atoms with Crippen LogP contribution >= 0.6 is 11.3 Å². The maximum Gasteiger partial charge on any atom is 0.289 e. The molecule has 0 bridgehead atoms. The summed E-state index contributed by atoms with van der Waals surface area (Å²) in [5.41, 5.74) is 0.118. The van der Waals surface area contributed by atoms with Crippen molar-refractivity contribution in [2.75, 3.05) is 13.1 Å². The average Bonchev–Trinajstić information content (AvgIpc) is 3.50. The highest BCUT2D eigenvalue weighted by atomic mass is 32.1. The first-order valence-electron chi connectivity index (χ1n) is 10.7. The minimum atomic E-state index is -0.0903. The molecule has 1 N–H and O–H groups in total. The Hall–Kier alpha value is -2.22. The second kappa shape index (κ2) is 7.55. The van der Waals surface area contributed by atoms with Gasteiger partial charge in [-0.15, -0.1) is 21.5 Å². The number of aryl methyl sites for hydroxylation is 1. The van der Waals surface area contributed by atoms with Crippen LogP contribution in [0.15, 0.2) is 17.5 Å². The normalized spacial score (nSPS) is 24.6. The summed E-state index contributed by atoms with van der Waals surface area (Å²) in [5, 5.41) is 13.6. The number of likely N-dealkylation sites (tertiary alicyclic amines) is 1. The number of carbonyl (C=O) groups is 2. The molecule has 2 aromatic heterocycles. The molecule has 29 heavy (non-hydrogen) atoms. The molecule has 1 saturated heterocycles. The van der Waals surface area contributed by atoms with Crippen LogP contribution in [0.2, 0.25) is 0 Å². The summed E-state index contributed by atoms with van der Waals surface area (Å²) >= 11 is 1.51. The van der Waals surface area contributed by atoms with E-state index in [1.165, 1.54) is 24.2 Å². The fourth-order valence-corrected chi connectivity index (χ4v) is 5.86. The van der Waals surface area contributed by atoms with Crippen LogP contribution in [-0.4, -0.2) is 50.6 Å². The van der Waals surface area contributed by atoms with Crippen LogP contribution in [0.4, 0.5) is 0 Å². The number of rotatable bonds is 3. The molecule has 0 radical (unpaired) electrons. The van der Waals surface area contributed by atoms with Crippen molar-refractivity contribution in [2.45, 2.75) is 64.0 Å². The van der Waals surface area contributed by atoms with Gasteiger partial charge in [-0.25, -0.2) is 0 Å². The molecule has 2 aromatic rings. The number of thiophene rings is 1. The van der Waals surface area contributed by atoms with Gasteiger partial charge in [0.05, 0.1) is 4.88 Å². The Kier molecular flexibility index (Phi) is 4.89. The summed E-state index contributed by atoms with van der Waals surface area (Å²) in [6, 6.07) is 4.11. The number of nitrogens with zero attached hydrogens (tertiary/aromatic N) is 4. The van der Waals surface area contributed by atoms with Gasteiger partial charge in [0.25, 0.3) is 11.8 Å². The number of hydrogen-bond acceptors (Lipinski definition) is 5. The van der Waals surface area contributed by atoms with E-state index in [9.17, 15) is 9.59 Å². The Balaban J connectivity index is 1.27. The van der Waals surface area contributed by atoms with Gasteiger partial charge >= 0.3 is 0 Å². The molecule has 3 aliphatic rings. The van der Waals surface area contributed by atoms with Crippen molar-refractivity contribution in [3.8, 4) is 0 Å². The fraction of sp³-hybridized carbons (Fsp3) is 0.619. The number of hydrogen-bond donors (Lipinski definition) is 1. The molecule has 7 nitrogen and oxygen atoms in total. The van der Waals surface area contributed by atoms with Crippen LogP contribution in [0.5, 0.6) is 0 Å². The number of carbonyl (C=O) groups excluding carboxylic acids is 2. The number of aromatic nitrogens is 3. The zero-order chi connectivity index (χ0) is 19.8. The topological polar surface area (TPSA) is 80.1 Å². The van der Waals surface area contributed by atoms with E-state index >= 15 is 0 Å². The fourth-order valence-electron chi connectivity index (χ4n) is 5.17. The van der Waals surface area contributed by atoms with Crippen LogP contribution in [0.1, 0.15) is 71.1 Å². The van der Waals surface area contributed by atoms with Crippen molar-refractivity contribution in [1.82, 2.24) is 25.0 Å². The molecule has 1 aliphatic carbocycles. The number of fused-ring (bicyclic) bond motifs is 1. The third-order valence-corrected chi connectivity index (χ3v) is 7.78. The molecule has 154 valence electrons. The molecule has 1 atom stereocenters. The lowest BCUT2D eigenvalue weighted by molar-refractivity contribution is 0.0772. The standard InChI is InChI=1S/C21H27N5O2S/c27-19(22-15-4-1-2-5-15)18-24-23-17-7-8-21(10-12-26(17)18)9-11-25(14-21)20(28)16-6-3-13-29-16/h3,6,13,15H,1-2,4-5,7-12,14H2,(H,22,27)/t21-/m1/s1. The van der Waals surface area contributed by atoms with E-state index in [2.05, 4.69) is 15.5 Å². The first-order valence-corrected chi connectivity index (χ1v) is 11.6. The lowest BCUT2D eigenvalue weighted by Gasteiger charge is -2.27. The van der Waals surface area contributed by atoms with Crippen LogP contribution in [-0.2, 0) is 13.0 Å². The maximum atomic E-state index is 12.8. The molecule has 5 rings (SSSR count). The van der Waals surface area contributed by atoms with Gasteiger partial charge < -0.3 is 14.8 Å². The predicted molar refractivity (Wildman–Crippen MR) is 110 cm³/mol. The molecular formula is C21H27N5O2S. The summed E-state index contributed by atoms with van der Waals surface area (Å²) in [6.45, 7) is 2.36. The Morgan fingerprint density at radius 1 is 1.14 bits per heavy atom. The SMILES string of the molecule is O=C(NC1CCCC1)c1nnc2n1CC[C@@]1(CC2)CCN(C(=O)c2cccs2)C1. The Bertz CT molecular complexity index is 902. The third kappa shape index (κ3) is 3.58. The van der Waals surface area contributed by atoms with Gasteiger partial charge in [0.2, 0.25) is 5.82 Å². The van der Waals surface area contributed by atoms with E-state index < -0.39 is 0 Å². The molecule has 1 saturated carbocycles. The molecule has 1 spiro atoms. The first-order chi connectivity index (χ1) is 14.1. The summed E-state index contributed by atoms with van der Waals surface area (Å²) in [4.78, 5) is 28.3. The molecule has 0 aromatic carbocycles. The highest BCUT2D eigenvalue weighted by molar-refractivity contribution is 7.12. The third-order valence-electron chi connectivity index (χ3n) is 6.92. The van der Waals surface area contributed by atoms with Crippen LogP contribution in [0.3, 0.4) is 0 Å². The lowest BCUT2D eigenvalue weighted by atomic mass is 9.80. The van der Waals surface area contributed by atoms with Crippen molar-refractivity contribution in [3.63, 3.8) is 0 Å². The highest BCUT2D eigenvalue weighted by Gasteiger charge is 2.42. The Morgan fingerprint density at radius 3 is 2.76 bits per heavy atom. The molecule has 4 heterocycles. The first kappa shape index (κ1) is 18.8. The quantitative estimate of drug-likeness (QED) is 0.839. The summed E-state index contributed by atoms with van der Waals surface area (Å²) in [6.07, 6.45) is 8.27. The smallest absolute Gasteiger partial charge is 0.289 e. The molecule has 2 aliphatic heterocycles. The molecule has 2 amide bonds. The minimum absolute atomic E-state index is 0.0903. The van der Waals surface area contributed by atoms with Crippen molar-refractivity contribution in [2.24, 2.45) is 5.41 Å². The molecule has 2 fully saturated rings. The maximum absolute atomic E-state index is 12.8. The zero-order valence-electron chi connectivity index (χ0n) is 16.6. The number of amides is 2. The summed E-state index contributed by atoms with van der Waals surface area (Å²) < 4.78 is 2.02. The average molecular weight is 414 g/mol. The van der Waals surface area contributed by atoms with Gasteiger partial charge in [-0.2, -0.15) is 0 Å². The highest BCUT2D eigenvalue weighted by Crippen LogP contribution is 2.41. The van der Waals surface area contributed by atoms with Gasteiger partial charge in [-0.05, 0) is 49.0 Å². The minimum Gasteiger partial charge on any atom is -0.347 e. The monoisotopic (exact) mass is 413 g/mol. The number of nitrogens with one attached hydrogen (secondary N) is 1. The van der Waals surface area contributed by atoms with E-state index in [0.29, 0.717) is 5.82 Å². The van der Waals surface area contributed by atoms with Crippen molar-refractivity contribution < 1.29 is 9.59 Å². The van der Waals surface area contributed by atoms with Gasteiger partial charge in [0.15, 0.2) is 0 Å². The Labute approximate surface area is 174 Å². The second-order valence-electron chi connectivity index (χ2n) is 8.75. The van der Waals surface area contributed by atoms with E-state index in [0.717, 1.165) is 68.9 Å². The zero-order valence-corrected chi connectivity index (χ0v) is 17.4. The van der Waals surface area contributed by atoms with Gasteiger partial charge in [-0.3, -0.25) is 9.59 Å². The predicted octanol–water partition coefficient (Wildman–Crippen LogP) is 2.88. The van der Waals surface area contributed by atoms with Crippen molar-refractivity contribution >= 4 is 23.2 Å². The van der Waals surface area contributed by atoms with E-state index in [-0.39, 0.29) is 23.3 Å². The van der Waals surface area contributed by atoms with E-state index in [1.807, 2.05) is 27.0 Å². The van der Waals surface area contributed by atoms with Crippen LogP contribution in [0.25, 0.3) is 0 Å². The van der Waals surface area contributed by atoms with Crippen molar-refractivity contribution in [1.29, 1.82) is 0 Å². The summed E-state index contributed by atoms with van der Waals surface area (Å²) in [5.74, 6) is 1.42. The van der Waals surface area contributed by atoms with Crippen molar-refractivity contribution in [3.05, 3.63) is 34.0 Å². The molecule has 0 unspecified atom stereocenters. The van der Waals surface area contributed by atoms with E-state index in [1.54, 1.807) is 0 Å². The second-order valence-corrected chi connectivity index (χ2v) is 9.70. The summed E-state index contributed by atoms with van der Waals surface area (Å²) in [7, 11) is 0. The van der Waals surface area contributed by atoms with Crippen LogP contribution < -0.4 is 5.32 Å².